The zero-order valence-electron chi connectivity index (χ0n) is 14.3. The minimum absolute atomic E-state index is 0.0309. The number of carbonyl (C=O) groups excluding carboxylic acids is 2. The van der Waals surface area contributed by atoms with E-state index >= 15 is 0 Å². The molecule has 1 heterocycles. The van der Waals surface area contributed by atoms with Gasteiger partial charge in [0.15, 0.2) is 0 Å². The van der Waals surface area contributed by atoms with E-state index in [9.17, 15) is 9.59 Å². The standard InChI is InChI=1S/C18H22N2O3S/c1-11(2)17(18(22)23-4)20-16(21)9-13-5-7-14(8-6-13)15-10-24-12(3)19-15/h5-8,10-11,17H,9H2,1-4H3,(H,20,21). The van der Waals surface area contributed by atoms with Gasteiger partial charge in [0.05, 0.1) is 24.2 Å². The third-order valence-corrected chi connectivity index (χ3v) is 4.45. The van der Waals surface area contributed by atoms with Gasteiger partial charge in [-0.15, -0.1) is 11.3 Å². The molecule has 1 aromatic heterocycles. The fraction of sp³-hybridized carbons (Fsp3) is 0.389. The predicted octanol–water partition coefficient (Wildman–Crippen LogP) is 2.97. The Balaban J connectivity index is 2.00. The summed E-state index contributed by atoms with van der Waals surface area (Å²) in [6, 6.07) is 7.10. The zero-order valence-corrected chi connectivity index (χ0v) is 15.1. The van der Waals surface area contributed by atoms with Crippen LogP contribution in [0.25, 0.3) is 11.3 Å². The highest BCUT2D eigenvalue weighted by atomic mass is 32.1. The molecule has 0 bridgehead atoms. The second-order valence-electron chi connectivity index (χ2n) is 5.94. The molecule has 6 heteroatoms. The van der Waals surface area contributed by atoms with Crippen LogP contribution >= 0.6 is 11.3 Å². The smallest absolute Gasteiger partial charge is 0.328 e. The average molecular weight is 346 g/mol. The van der Waals surface area contributed by atoms with E-state index in [1.807, 2.05) is 50.4 Å². The van der Waals surface area contributed by atoms with Gasteiger partial charge in [0.25, 0.3) is 0 Å². The Morgan fingerprint density at radius 2 is 1.92 bits per heavy atom. The molecule has 0 fully saturated rings. The van der Waals surface area contributed by atoms with Crippen molar-refractivity contribution in [2.75, 3.05) is 7.11 Å². The van der Waals surface area contributed by atoms with E-state index < -0.39 is 12.0 Å². The number of hydrogen-bond acceptors (Lipinski definition) is 5. The van der Waals surface area contributed by atoms with E-state index in [0.717, 1.165) is 21.8 Å². The third-order valence-electron chi connectivity index (χ3n) is 3.67. The van der Waals surface area contributed by atoms with Gasteiger partial charge in [-0.1, -0.05) is 38.1 Å². The van der Waals surface area contributed by atoms with Gasteiger partial charge < -0.3 is 10.1 Å². The summed E-state index contributed by atoms with van der Waals surface area (Å²) in [6.07, 6.45) is 0.219. The molecule has 1 aromatic carbocycles. The largest absolute Gasteiger partial charge is 0.467 e. The van der Waals surface area contributed by atoms with Gasteiger partial charge in [-0.05, 0) is 18.4 Å². The first-order chi connectivity index (χ1) is 11.4. The minimum Gasteiger partial charge on any atom is -0.467 e. The number of aryl methyl sites for hydroxylation is 1. The molecule has 0 aliphatic carbocycles. The molecule has 0 saturated heterocycles. The molecule has 0 saturated carbocycles. The van der Waals surface area contributed by atoms with Gasteiger partial charge in [-0.3, -0.25) is 4.79 Å². The third kappa shape index (κ3) is 4.64. The lowest BCUT2D eigenvalue weighted by Gasteiger charge is -2.19. The van der Waals surface area contributed by atoms with E-state index in [-0.39, 0.29) is 18.2 Å². The van der Waals surface area contributed by atoms with Crippen LogP contribution in [-0.2, 0) is 20.7 Å². The second-order valence-corrected chi connectivity index (χ2v) is 7.00. The van der Waals surface area contributed by atoms with Crippen molar-refractivity contribution in [1.82, 2.24) is 10.3 Å². The Hall–Kier alpha value is -2.21. The van der Waals surface area contributed by atoms with Crippen LogP contribution < -0.4 is 5.32 Å². The number of carbonyl (C=O) groups is 2. The molecule has 5 nitrogen and oxygen atoms in total. The highest BCUT2D eigenvalue weighted by Gasteiger charge is 2.24. The Labute approximate surface area is 146 Å². The van der Waals surface area contributed by atoms with E-state index in [0.29, 0.717) is 0 Å². The Morgan fingerprint density at radius 1 is 1.25 bits per heavy atom. The number of ether oxygens (including phenoxy) is 1. The number of esters is 1. The molecule has 1 unspecified atom stereocenters. The summed E-state index contributed by atoms with van der Waals surface area (Å²) >= 11 is 1.61. The maximum absolute atomic E-state index is 12.2. The number of aromatic nitrogens is 1. The highest BCUT2D eigenvalue weighted by Crippen LogP contribution is 2.21. The summed E-state index contributed by atoms with van der Waals surface area (Å²) in [5.41, 5.74) is 2.85. The van der Waals surface area contributed by atoms with Crippen LogP contribution in [0.5, 0.6) is 0 Å². The molecule has 1 amide bonds. The van der Waals surface area contributed by atoms with Crippen LogP contribution in [-0.4, -0.2) is 30.0 Å². The van der Waals surface area contributed by atoms with E-state index in [4.69, 9.17) is 4.74 Å². The van der Waals surface area contributed by atoms with Crippen molar-refractivity contribution in [1.29, 1.82) is 0 Å². The van der Waals surface area contributed by atoms with Crippen molar-refractivity contribution in [3.8, 4) is 11.3 Å². The molecule has 2 rings (SSSR count). The number of benzene rings is 1. The van der Waals surface area contributed by atoms with Crippen LogP contribution in [0.2, 0.25) is 0 Å². The summed E-state index contributed by atoms with van der Waals surface area (Å²) in [4.78, 5) is 28.3. The maximum Gasteiger partial charge on any atom is 0.328 e. The van der Waals surface area contributed by atoms with Gasteiger partial charge in [0, 0.05) is 10.9 Å². The number of thiazole rings is 1. The highest BCUT2D eigenvalue weighted by molar-refractivity contribution is 7.09. The van der Waals surface area contributed by atoms with E-state index in [2.05, 4.69) is 10.3 Å². The lowest BCUT2D eigenvalue weighted by atomic mass is 10.0. The fourth-order valence-electron chi connectivity index (χ4n) is 2.32. The molecule has 24 heavy (non-hydrogen) atoms. The molecule has 0 aliphatic rings. The first-order valence-electron chi connectivity index (χ1n) is 7.79. The van der Waals surface area contributed by atoms with Crippen LogP contribution in [0.1, 0.15) is 24.4 Å². The van der Waals surface area contributed by atoms with E-state index in [1.165, 1.54) is 7.11 Å². The topological polar surface area (TPSA) is 68.3 Å². The van der Waals surface area contributed by atoms with Crippen molar-refractivity contribution in [2.24, 2.45) is 5.92 Å². The Bertz CT molecular complexity index is 707. The minimum atomic E-state index is -0.625. The SMILES string of the molecule is COC(=O)C(NC(=O)Cc1ccc(-c2csc(C)n2)cc1)C(C)C. The summed E-state index contributed by atoms with van der Waals surface area (Å²) in [5, 5.41) is 5.78. The molecule has 128 valence electrons. The molecule has 0 aliphatic heterocycles. The maximum atomic E-state index is 12.2. The molecular weight excluding hydrogens is 324 g/mol. The number of amides is 1. The van der Waals surface area contributed by atoms with Crippen LogP contribution in [0.3, 0.4) is 0 Å². The number of methoxy groups -OCH3 is 1. The van der Waals surface area contributed by atoms with Gasteiger partial charge in [0.2, 0.25) is 5.91 Å². The van der Waals surface area contributed by atoms with Gasteiger partial charge in [0.1, 0.15) is 6.04 Å². The van der Waals surface area contributed by atoms with Crippen molar-refractivity contribution < 1.29 is 14.3 Å². The summed E-state index contributed by atoms with van der Waals surface area (Å²) < 4.78 is 4.73. The van der Waals surface area contributed by atoms with Crippen molar-refractivity contribution in [3.05, 3.63) is 40.2 Å². The molecule has 2 aromatic rings. The normalized spacial score (nSPS) is 12.0. The molecule has 0 radical (unpaired) electrons. The van der Waals surface area contributed by atoms with Crippen LogP contribution in [0.4, 0.5) is 0 Å². The molecular formula is C18H22N2O3S. The lowest BCUT2D eigenvalue weighted by Crippen LogP contribution is -2.45. The molecule has 1 N–H and O–H groups in total. The molecule has 0 spiro atoms. The predicted molar refractivity (Wildman–Crippen MR) is 94.8 cm³/mol. The summed E-state index contributed by atoms with van der Waals surface area (Å²) in [6.45, 7) is 5.71. The van der Waals surface area contributed by atoms with Crippen LogP contribution in [0.15, 0.2) is 29.6 Å². The lowest BCUT2D eigenvalue weighted by molar-refractivity contribution is -0.146. The fourth-order valence-corrected chi connectivity index (χ4v) is 2.95. The van der Waals surface area contributed by atoms with Crippen molar-refractivity contribution in [3.63, 3.8) is 0 Å². The van der Waals surface area contributed by atoms with Gasteiger partial charge in [-0.25, -0.2) is 9.78 Å². The number of nitrogens with zero attached hydrogens (tertiary/aromatic N) is 1. The first kappa shape index (κ1) is 18.1. The monoisotopic (exact) mass is 346 g/mol. The van der Waals surface area contributed by atoms with Gasteiger partial charge in [-0.2, -0.15) is 0 Å². The average Bonchev–Trinajstić information content (AvgIpc) is 2.99. The Morgan fingerprint density at radius 3 is 2.42 bits per heavy atom. The number of nitrogens with one attached hydrogen (secondary N) is 1. The summed E-state index contributed by atoms with van der Waals surface area (Å²) in [5.74, 6) is -0.652. The summed E-state index contributed by atoms with van der Waals surface area (Å²) in [7, 11) is 1.32. The van der Waals surface area contributed by atoms with E-state index in [1.54, 1.807) is 11.3 Å². The van der Waals surface area contributed by atoms with Crippen molar-refractivity contribution in [2.45, 2.75) is 33.2 Å². The number of hydrogen-bond donors (Lipinski definition) is 1. The zero-order chi connectivity index (χ0) is 17.7. The van der Waals surface area contributed by atoms with Crippen molar-refractivity contribution >= 4 is 23.2 Å². The number of rotatable bonds is 6. The first-order valence-corrected chi connectivity index (χ1v) is 8.67. The molecule has 1 atom stereocenters. The second kappa shape index (κ2) is 8.06. The van der Waals surface area contributed by atoms with Crippen LogP contribution in [0, 0.1) is 12.8 Å². The van der Waals surface area contributed by atoms with Gasteiger partial charge >= 0.3 is 5.97 Å². The quantitative estimate of drug-likeness (QED) is 0.817. The Kier molecular flexibility index (Phi) is 6.09.